The second-order valence-electron chi connectivity index (χ2n) is 5.80. The van der Waals surface area contributed by atoms with E-state index in [4.69, 9.17) is 0 Å². The zero-order valence-corrected chi connectivity index (χ0v) is 12.8. The molecule has 0 aliphatic carbocycles. The van der Waals surface area contributed by atoms with Gasteiger partial charge in [0.2, 0.25) is 0 Å². The van der Waals surface area contributed by atoms with Gasteiger partial charge in [-0.25, -0.2) is 0 Å². The maximum absolute atomic E-state index is 3.53. The number of para-hydroxylation sites is 4. The summed E-state index contributed by atoms with van der Waals surface area (Å²) in [6.07, 6.45) is 3.53. The normalized spacial score (nSPS) is 12.5. The molecule has 2 heterocycles. The predicted molar refractivity (Wildman–Crippen MR) is 91.7 cm³/mol. The Hall–Kier alpha value is -3.07. The van der Waals surface area contributed by atoms with Gasteiger partial charge in [0.25, 0.3) is 6.33 Å². The SMILES string of the molecule is CN1c2ccccc2-[n+]2[c-]n(-c3ccccc3)c3cccc1c32. The first-order valence-electron chi connectivity index (χ1n) is 7.72. The molecule has 3 aromatic carbocycles. The van der Waals surface area contributed by atoms with Gasteiger partial charge in [-0.3, -0.25) is 9.13 Å². The highest BCUT2D eigenvalue weighted by molar-refractivity contribution is 5.92. The van der Waals surface area contributed by atoms with Crippen LogP contribution >= 0.6 is 0 Å². The van der Waals surface area contributed by atoms with Crippen LogP contribution in [0.5, 0.6) is 0 Å². The van der Waals surface area contributed by atoms with E-state index in [0.717, 1.165) is 16.9 Å². The van der Waals surface area contributed by atoms with Gasteiger partial charge in [0.05, 0.1) is 22.6 Å². The van der Waals surface area contributed by atoms with Crippen molar-refractivity contribution in [1.82, 2.24) is 4.57 Å². The van der Waals surface area contributed by atoms with E-state index in [1.807, 2.05) is 6.07 Å². The topological polar surface area (TPSA) is 12.1 Å². The van der Waals surface area contributed by atoms with Crippen LogP contribution in [0.15, 0.2) is 72.8 Å². The van der Waals surface area contributed by atoms with Crippen LogP contribution in [0.3, 0.4) is 0 Å². The molecule has 4 aromatic rings. The predicted octanol–water partition coefficient (Wildman–Crippen LogP) is 3.79. The van der Waals surface area contributed by atoms with E-state index in [1.54, 1.807) is 0 Å². The summed E-state index contributed by atoms with van der Waals surface area (Å²) >= 11 is 0. The molecule has 0 saturated carbocycles. The van der Waals surface area contributed by atoms with Gasteiger partial charge in [0.15, 0.2) is 0 Å². The molecule has 1 aliphatic heterocycles. The lowest BCUT2D eigenvalue weighted by molar-refractivity contribution is -0.572. The standard InChI is InChI=1S/C20H15N3/c1-21-16-10-5-6-11-17(16)23-14-22(15-8-3-2-4-9-15)19-13-7-12-18(21)20(19)23/h2-13H,1H3. The Bertz CT molecular complexity index is 1030. The molecule has 3 nitrogen and oxygen atoms in total. The number of hydrogen-bond acceptors (Lipinski definition) is 1. The minimum absolute atomic E-state index is 1.12. The Balaban J connectivity index is 1.92. The Labute approximate surface area is 134 Å². The van der Waals surface area contributed by atoms with Gasteiger partial charge in [-0.15, -0.1) is 0 Å². The maximum Gasteiger partial charge on any atom is 0.269 e. The number of imidazole rings is 1. The van der Waals surface area contributed by atoms with Gasteiger partial charge in [-0.1, -0.05) is 42.5 Å². The molecule has 0 radical (unpaired) electrons. The first-order chi connectivity index (χ1) is 11.3. The summed E-state index contributed by atoms with van der Waals surface area (Å²) in [6.45, 7) is 0. The van der Waals surface area contributed by atoms with Gasteiger partial charge in [0.1, 0.15) is 5.52 Å². The van der Waals surface area contributed by atoms with Gasteiger partial charge in [-0.2, -0.15) is 0 Å². The number of aromatic nitrogens is 2. The van der Waals surface area contributed by atoms with Crippen LogP contribution in [0.1, 0.15) is 0 Å². The summed E-state index contributed by atoms with van der Waals surface area (Å²) in [7, 11) is 2.12. The van der Waals surface area contributed by atoms with E-state index < -0.39 is 0 Å². The first-order valence-corrected chi connectivity index (χ1v) is 7.72. The molecule has 1 aliphatic rings. The number of nitrogens with zero attached hydrogens (tertiary/aromatic N) is 3. The molecule has 0 N–H and O–H groups in total. The lowest BCUT2D eigenvalue weighted by Gasteiger charge is -2.28. The molecule has 0 amide bonds. The first kappa shape index (κ1) is 12.5. The van der Waals surface area contributed by atoms with Gasteiger partial charge < -0.3 is 4.90 Å². The van der Waals surface area contributed by atoms with Crippen LogP contribution in [-0.2, 0) is 0 Å². The summed E-state index contributed by atoms with van der Waals surface area (Å²) in [6, 6.07) is 25.3. The van der Waals surface area contributed by atoms with E-state index in [1.165, 1.54) is 16.9 Å². The number of fused-ring (bicyclic) bond motifs is 2. The zero-order valence-electron chi connectivity index (χ0n) is 12.8. The van der Waals surface area contributed by atoms with Crippen molar-refractivity contribution in [3.63, 3.8) is 0 Å². The molecule has 3 heteroatoms. The van der Waals surface area contributed by atoms with Crippen molar-refractivity contribution in [2.24, 2.45) is 0 Å². The monoisotopic (exact) mass is 297 g/mol. The highest BCUT2D eigenvalue weighted by Crippen LogP contribution is 2.37. The number of anilines is 2. The quantitative estimate of drug-likeness (QED) is 0.384. The molecule has 1 aromatic heterocycles. The van der Waals surface area contributed by atoms with E-state index in [-0.39, 0.29) is 0 Å². The summed E-state index contributed by atoms with van der Waals surface area (Å²) in [5.74, 6) is 0. The lowest BCUT2D eigenvalue weighted by Crippen LogP contribution is -2.36. The molecule has 110 valence electrons. The molecule has 23 heavy (non-hydrogen) atoms. The summed E-state index contributed by atoms with van der Waals surface area (Å²) in [5, 5.41) is 0. The third-order valence-electron chi connectivity index (χ3n) is 4.52. The van der Waals surface area contributed by atoms with Crippen LogP contribution in [0, 0.1) is 6.33 Å². The summed E-state index contributed by atoms with van der Waals surface area (Å²) in [4.78, 5) is 2.25. The molecule has 0 bridgehead atoms. The fraction of sp³-hybridized carbons (Fsp3) is 0.0500. The van der Waals surface area contributed by atoms with Crippen LogP contribution in [0.25, 0.3) is 22.4 Å². The van der Waals surface area contributed by atoms with Crippen molar-refractivity contribution in [2.45, 2.75) is 0 Å². The van der Waals surface area contributed by atoms with Crippen LogP contribution in [0.2, 0.25) is 0 Å². The smallest absolute Gasteiger partial charge is 0.269 e. The number of benzene rings is 3. The second kappa shape index (κ2) is 4.46. The van der Waals surface area contributed by atoms with Crippen molar-refractivity contribution < 1.29 is 4.57 Å². The van der Waals surface area contributed by atoms with Crippen molar-refractivity contribution >= 4 is 22.4 Å². The summed E-state index contributed by atoms with van der Waals surface area (Å²) < 4.78 is 4.31. The van der Waals surface area contributed by atoms with Crippen molar-refractivity contribution in [2.75, 3.05) is 11.9 Å². The fourth-order valence-corrected chi connectivity index (χ4v) is 3.42. The Kier molecular flexibility index (Phi) is 2.42. The van der Waals surface area contributed by atoms with Crippen LogP contribution in [0.4, 0.5) is 11.4 Å². The fourth-order valence-electron chi connectivity index (χ4n) is 3.42. The molecule has 0 fully saturated rings. The van der Waals surface area contributed by atoms with E-state index in [2.05, 4.69) is 94.1 Å². The van der Waals surface area contributed by atoms with Gasteiger partial charge in [-0.05, 0) is 30.3 Å². The molecule has 0 saturated heterocycles. The van der Waals surface area contributed by atoms with E-state index in [0.29, 0.717) is 0 Å². The highest BCUT2D eigenvalue weighted by Gasteiger charge is 2.24. The zero-order chi connectivity index (χ0) is 15.4. The van der Waals surface area contributed by atoms with Crippen LogP contribution in [-0.4, -0.2) is 11.6 Å². The maximum atomic E-state index is 3.53. The number of hydrogen-bond donors (Lipinski definition) is 0. The average molecular weight is 297 g/mol. The molecule has 0 unspecified atom stereocenters. The largest absolute Gasteiger partial charge is 0.351 e. The average Bonchev–Trinajstić information content (AvgIpc) is 3.01. The third-order valence-corrected chi connectivity index (χ3v) is 4.52. The van der Waals surface area contributed by atoms with Gasteiger partial charge in [0, 0.05) is 12.7 Å². The molecular formula is C20H15N3. The lowest BCUT2D eigenvalue weighted by atomic mass is 10.1. The van der Waals surface area contributed by atoms with Gasteiger partial charge >= 0.3 is 0 Å². The van der Waals surface area contributed by atoms with Crippen molar-refractivity contribution in [3.05, 3.63) is 79.1 Å². The molecular weight excluding hydrogens is 282 g/mol. The summed E-state index contributed by atoms with van der Waals surface area (Å²) in [5.41, 5.74) is 7.03. The second-order valence-corrected chi connectivity index (χ2v) is 5.80. The Morgan fingerprint density at radius 3 is 2.39 bits per heavy atom. The van der Waals surface area contributed by atoms with Crippen molar-refractivity contribution in [3.8, 4) is 11.4 Å². The Morgan fingerprint density at radius 1 is 0.783 bits per heavy atom. The highest BCUT2D eigenvalue weighted by atomic mass is 15.2. The van der Waals surface area contributed by atoms with E-state index in [9.17, 15) is 0 Å². The minimum Gasteiger partial charge on any atom is -0.351 e. The van der Waals surface area contributed by atoms with Crippen LogP contribution < -0.4 is 9.47 Å². The van der Waals surface area contributed by atoms with E-state index >= 15 is 0 Å². The van der Waals surface area contributed by atoms with Crippen molar-refractivity contribution in [1.29, 1.82) is 0 Å². The molecule has 5 rings (SSSR count). The number of rotatable bonds is 1. The molecule has 0 atom stereocenters. The molecule has 0 spiro atoms. The minimum atomic E-state index is 1.12. The third kappa shape index (κ3) is 1.62. The Morgan fingerprint density at radius 2 is 1.52 bits per heavy atom.